The molecule has 3 amide bonds. The van der Waals surface area contributed by atoms with Crippen molar-refractivity contribution in [2.75, 3.05) is 18.0 Å². The van der Waals surface area contributed by atoms with Gasteiger partial charge in [-0.05, 0) is 48.4 Å². The summed E-state index contributed by atoms with van der Waals surface area (Å²) in [7, 11) is 0. The zero-order valence-electron chi connectivity index (χ0n) is 20.8. The lowest BCUT2D eigenvalue weighted by atomic mass is 10.1. The van der Waals surface area contributed by atoms with Gasteiger partial charge >= 0.3 is 0 Å². The van der Waals surface area contributed by atoms with Gasteiger partial charge in [-0.1, -0.05) is 67.9 Å². The van der Waals surface area contributed by atoms with E-state index in [1.807, 2.05) is 68.4 Å². The molecule has 3 aromatic carbocycles. The van der Waals surface area contributed by atoms with Gasteiger partial charge in [-0.2, -0.15) is 0 Å². The van der Waals surface area contributed by atoms with Crippen molar-refractivity contribution < 1.29 is 14.4 Å². The van der Waals surface area contributed by atoms with Crippen LogP contribution in [0, 0.1) is 0 Å². The number of nitrogens with one attached hydrogen (secondary N) is 1. The maximum Gasteiger partial charge on any atom is 0.258 e. The molecule has 1 atom stereocenters. The van der Waals surface area contributed by atoms with E-state index < -0.39 is 6.04 Å². The summed E-state index contributed by atoms with van der Waals surface area (Å²) in [5.41, 5.74) is 2.39. The van der Waals surface area contributed by atoms with E-state index in [0.29, 0.717) is 36.5 Å². The summed E-state index contributed by atoms with van der Waals surface area (Å²) in [6.45, 7) is 5.14. The van der Waals surface area contributed by atoms with Crippen molar-refractivity contribution in [1.29, 1.82) is 0 Å². The zero-order valence-corrected chi connectivity index (χ0v) is 21.6. The van der Waals surface area contributed by atoms with Crippen LogP contribution in [0.3, 0.4) is 0 Å². The van der Waals surface area contributed by atoms with E-state index in [0.717, 1.165) is 28.4 Å². The highest BCUT2D eigenvalue weighted by Gasteiger charge is 2.31. The highest BCUT2D eigenvalue weighted by atomic mass is 35.5. The van der Waals surface area contributed by atoms with Crippen LogP contribution < -0.4 is 10.2 Å². The fourth-order valence-electron chi connectivity index (χ4n) is 4.83. The molecule has 1 aliphatic rings. The minimum Gasteiger partial charge on any atom is -0.354 e. The molecule has 1 heterocycles. The van der Waals surface area contributed by atoms with Gasteiger partial charge in [0, 0.05) is 42.0 Å². The number of hydrogen-bond acceptors (Lipinski definition) is 3. The molecule has 1 aliphatic heterocycles. The van der Waals surface area contributed by atoms with E-state index in [-0.39, 0.29) is 30.7 Å². The Morgan fingerprint density at radius 3 is 2.50 bits per heavy atom. The number of carbonyl (C=O) groups excluding carboxylic acids is 3. The van der Waals surface area contributed by atoms with Crippen LogP contribution in [0.25, 0.3) is 10.8 Å². The van der Waals surface area contributed by atoms with Crippen molar-refractivity contribution in [3.63, 3.8) is 0 Å². The molecule has 188 valence electrons. The Balaban J connectivity index is 1.49. The molecule has 0 saturated carbocycles. The first-order valence-electron chi connectivity index (χ1n) is 12.6. The number of anilines is 1. The Bertz CT molecular complexity index is 1270. The normalized spacial score (nSPS) is 13.2. The van der Waals surface area contributed by atoms with Crippen LogP contribution in [0.5, 0.6) is 0 Å². The molecular weight excluding hydrogens is 474 g/mol. The van der Waals surface area contributed by atoms with Crippen LogP contribution >= 0.6 is 11.6 Å². The molecule has 0 saturated heterocycles. The molecule has 0 bridgehead atoms. The summed E-state index contributed by atoms with van der Waals surface area (Å²) in [6.07, 6.45) is 2.02. The predicted molar refractivity (Wildman–Crippen MR) is 144 cm³/mol. The number of benzene rings is 3. The topological polar surface area (TPSA) is 69.7 Å². The van der Waals surface area contributed by atoms with Gasteiger partial charge in [0.1, 0.15) is 6.04 Å². The SMILES string of the molecule is CCCNC(=O)[C@@H](CC)N(Cc1ccccc1Cl)C(=O)CCCN1C(=O)c2cccc3cccc1c23. The summed E-state index contributed by atoms with van der Waals surface area (Å²) in [6, 6.07) is 18.4. The molecule has 0 aromatic heterocycles. The van der Waals surface area contributed by atoms with Crippen LogP contribution in [-0.4, -0.2) is 41.8 Å². The predicted octanol–water partition coefficient (Wildman–Crippen LogP) is 5.57. The van der Waals surface area contributed by atoms with Gasteiger partial charge in [-0.3, -0.25) is 14.4 Å². The van der Waals surface area contributed by atoms with Crippen LogP contribution in [0.4, 0.5) is 5.69 Å². The van der Waals surface area contributed by atoms with Crippen molar-refractivity contribution in [1.82, 2.24) is 10.2 Å². The number of rotatable bonds is 11. The molecule has 4 rings (SSSR count). The molecule has 6 nitrogen and oxygen atoms in total. The Morgan fingerprint density at radius 2 is 1.78 bits per heavy atom. The van der Waals surface area contributed by atoms with Gasteiger partial charge in [0.05, 0.1) is 5.69 Å². The standard InChI is InChI=1S/C29H32ClN3O3/c1-3-17-31-28(35)24(4-2)33(19-21-10-5-6-14-23(21)30)26(34)16-9-18-32-25-15-8-12-20-11-7-13-22(27(20)25)29(32)36/h5-8,10-15,24H,3-4,9,16-19H2,1-2H3,(H,31,35)/t24-/m1/s1. The third-order valence-corrected chi connectivity index (χ3v) is 7.02. The Kier molecular flexibility index (Phi) is 8.26. The largest absolute Gasteiger partial charge is 0.354 e. The fraction of sp³-hybridized carbons (Fsp3) is 0.345. The molecule has 0 fully saturated rings. The average molecular weight is 506 g/mol. The van der Waals surface area contributed by atoms with E-state index >= 15 is 0 Å². The summed E-state index contributed by atoms with van der Waals surface area (Å²) < 4.78 is 0. The van der Waals surface area contributed by atoms with Gasteiger partial charge in [-0.25, -0.2) is 0 Å². The second-order valence-corrected chi connectivity index (χ2v) is 9.48. The first-order valence-corrected chi connectivity index (χ1v) is 13.0. The number of halogens is 1. The smallest absolute Gasteiger partial charge is 0.258 e. The highest BCUT2D eigenvalue weighted by Crippen LogP contribution is 2.37. The molecule has 0 unspecified atom stereocenters. The van der Waals surface area contributed by atoms with E-state index in [2.05, 4.69) is 5.32 Å². The van der Waals surface area contributed by atoms with Crippen molar-refractivity contribution >= 4 is 45.8 Å². The molecule has 0 spiro atoms. The third kappa shape index (κ3) is 5.24. The molecule has 0 aliphatic carbocycles. The zero-order chi connectivity index (χ0) is 25.7. The molecule has 1 N–H and O–H groups in total. The lowest BCUT2D eigenvalue weighted by Gasteiger charge is -2.31. The Labute approximate surface area is 217 Å². The first-order chi connectivity index (χ1) is 17.5. The molecule has 7 heteroatoms. The van der Waals surface area contributed by atoms with E-state index in [1.54, 1.807) is 15.9 Å². The van der Waals surface area contributed by atoms with Gasteiger partial charge in [0.25, 0.3) is 5.91 Å². The minimum atomic E-state index is -0.591. The van der Waals surface area contributed by atoms with Gasteiger partial charge in [0.2, 0.25) is 11.8 Å². The quantitative estimate of drug-likeness (QED) is 0.370. The van der Waals surface area contributed by atoms with Crippen molar-refractivity contribution in [3.05, 3.63) is 76.8 Å². The fourth-order valence-corrected chi connectivity index (χ4v) is 5.02. The second kappa shape index (κ2) is 11.6. The van der Waals surface area contributed by atoms with Crippen LogP contribution in [-0.2, 0) is 16.1 Å². The summed E-state index contributed by atoms with van der Waals surface area (Å²) in [5.74, 6) is -0.320. The van der Waals surface area contributed by atoms with E-state index in [1.165, 1.54) is 0 Å². The van der Waals surface area contributed by atoms with Crippen molar-refractivity contribution in [2.24, 2.45) is 0 Å². The summed E-state index contributed by atoms with van der Waals surface area (Å²) in [4.78, 5) is 42.9. The number of nitrogens with zero attached hydrogens (tertiary/aromatic N) is 2. The van der Waals surface area contributed by atoms with Crippen LogP contribution in [0.2, 0.25) is 5.02 Å². The molecule has 3 aromatic rings. The number of amides is 3. The van der Waals surface area contributed by atoms with E-state index in [4.69, 9.17) is 11.6 Å². The first kappa shape index (κ1) is 25.7. The molecule has 0 radical (unpaired) electrons. The summed E-state index contributed by atoms with van der Waals surface area (Å²) >= 11 is 6.39. The third-order valence-electron chi connectivity index (χ3n) is 6.66. The second-order valence-electron chi connectivity index (χ2n) is 9.07. The lowest BCUT2D eigenvalue weighted by molar-refractivity contribution is -0.141. The van der Waals surface area contributed by atoms with Crippen LogP contribution in [0.15, 0.2) is 60.7 Å². The van der Waals surface area contributed by atoms with E-state index in [9.17, 15) is 14.4 Å². The van der Waals surface area contributed by atoms with Crippen molar-refractivity contribution in [2.45, 2.75) is 52.1 Å². The highest BCUT2D eigenvalue weighted by molar-refractivity contribution is 6.31. The number of carbonyl (C=O) groups is 3. The van der Waals surface area contributed by atoms with Gasteiger partial charge < -0.3 is 15.1 Å². The Hall–Kier alpha value is -3.38. The van der Waals surface area contributed by atoms with Crippen molar-refractivity contribution in [3.8, 4) is 0 Å². The molecular formula is C29H32ClN3O3. The molecule has 36 heavy (non-hydrogen) atoms. The minimum absolute atomic E-state index is 0.0347. The van der Waals surface area contributed by atoms with Gasteiger partial charge in [-0.15, -0.1) is 0 Å². The van der Waals surface area contributed by atoms with Crippen LogP contribution in [0.1, 0.15) is 55.5 Å². The maximum atomic E-state index is 13.5. The number of hydrogen-bond donors (Lipinski definition) is 1. The monoisotopic (exact) mass is 505 g/mol. The average Bonchev–Trinajstić information content (AvgIpc) is 3.16. The van der Waals surface area contributed by atoms with Gasteiger partial charge in [0.15, 0.2) is 0 Å². The lowest BCUT2D eigenvalue weighted by Crippen LogP contribution is -2.49. The maximum absolute atomic E-state index is 13.5. The summed E-state index contributed by atoms with van der Waals surface area (Å²) in [5, 5.41) is 5.49. The Morgan fingerprint density at radius 1 is 1.03 bits per heavy atom.